The van der Waals surface area contributed by atoms with Crippen molar-refractivity contribution in [2.24, 2.45) is 17.6 Å². The SMILES string of the molecule is CC(c1ccncc1)N(C)C(=O)C1CCCC1CN. The first-order chi connectivity index (χ1) is 9.15. The van der Waals surface area contributed by atoms with Gasteiger partial charge in [-0.15, -0.1) is 0 Å². The minimum Gasteiger partial charge on any atom is -0.339 e. The third kappa shape index (κ3) is 2.95. The van der Waals surface area contributed by atoms with Gasteiger partial charge in [-0.05, 0) is 49.9 Å². The number of nitrogens with two attached hydrogens (primary N) is 1. The van der Waals surface area contributed by atoms with Crippen LogP contribution in [0.2, 0.25) is 0 Å². The summed E-state index contributed by atoms with van der Waals surface area (Å²) in [7, 11) is 1.89. The predicted molar refractivity (Wildman–Crippen MR) is 75.3 cm³/mol. The molecule has 1 fully saturated rings. The molecule has 1 aliphatic carbocycles. The van der Waals surface area contributed by atoms with Crippen molar-refractivity contribution in [3.05, 3.63) is 30.1 Å². The summed E-state index contributed by atoms with van der Waals surface area (Å²) in [5.74, 6) is 0.705. The lowest BCUT2D eigenvalue weighted by Crippen LogP contribution is -2.38. The molecule has 1 heterocycles. The van der Waals surface area contributed by atoms with Crippen molar-refractivity contribution in [2.75, 3.05) is 13.6 Å². The highest BCUT2D eigenvalue weighted by Gasteiger charge is 2.34. The van der Waals surface area contributed by atoms with E-state index in [0.29, 0.717) is 12.5 Å². The average Bonchev–Trinajstić information content (AvgIpc) is 2.94. The lowest BCUT2D eigenvalue weighted by atomic mass is 9.94. The van der Waals surface area contributed by atoms with Crippen LogP contribution in [0.5, 0.6) is 0 Å². The monoisotopic (exact) mass is 261 g/mol. The van der Waals surface area contributed by atoms with E-state index < -0.39 is 0 Å². The van der Waals surface area contributed by atoms with E-state index in [1.807, 2.05) is 24.1 Å². The van der Waals surface area contributed by atoms with Crippen LogP contribution >= 0.6 is 0 Å². The highest BCUT2D eigenvalue weighted by Crippen LogP contribution is 2.33. The van der Waals surface area contributed by atoms with Crippen molar-refractivity contribution < 1.29 is 4.79 Å². The van der Waals surface area contributed by atoms with Crippen LogP contribution in [-0.2, 0) is 4.79 Å². The van der Waals surface area contributed by atoms with Gasteiger partial charge < -0.3 is 10.6 Å². The predicted octanol–water partition coefficient (Wildman–Crippen LogP) is 1.98. The maximum absolute atomic E-state index is 12.6. The number of hydrogen-bond acceptors (Lipinski definition) is 3. The Balaban J connectivity index is 2.06. The molecular weight excluding hydrogens is 238 g/mol. The molecule has 1 aliphatic rings. The molecule has 1 aromatic rings. The maximum atomic E-state index is 12.6. The van der Waals surface area contributed by atoms with Gasteiger partial charge in [0, 0.05) is 25.4 Å². The summed E-state index contributed by atoms with van der Waals surface area (Å²) in [4.78, 5) is 18.5. The number of rotatable bonds is 4. The van der Waals surface area contributed by atoms with Crippen LogP contribution in [0, 0.1) is 11.8 Å². The van der Waals surface area contributed by atoms with Crippen LogP contribution in [0.25, 0.3) is 0 Å². The van der Waals surface area contributed by atoms with Crippen LogP contribution in [0.4, 0.5) is 0 Å². The van der Waals surface area contributed by atoms with Crippen LogP contribution in [0.15, 0.2) is 24.5 Å². The topological polar surface area (TPSA) is 59.2 Å². The zero-order valence-electron chi connectivity index (χ0n) is 11.7. The smallest absolute Gasteiger partial charge is 0.226 e. The number of nitrogens with zero attached hydrogens (tertiary/aromatic N) is 2. The van der Waals surface area contributed by atoms with E-state index in [-0.39, 0.29) is 17.9 Å². The molecule has 104 valence electrons. The molecule has 0 spiro atoms. The Morgan fingerprint density at radius 1 is 1.47 bits per heavy atom. The summed E-state index contributed by atoms with van der Waals surface area (Å²) in [5.41, 5.74) is 6.89. The molecule has 4 heteroatoms. The first-order valence-corrected chi connectivity index (χ1v) is 7.01. The molecule has 0 aromatic carbocycles. The van der Waals surface area contributed by atoms with Gasteiger partial charge in [0.1, 0.15) is 0 Å². The number of carbonyl (C=O) groups is 1. The fourth-order valence-electron chi connectivity index (χ4n) is 2.96. The Bertz CT molecular complexity index is 421. The molecule has 2 rings (SSSR count). The number of pyridine rings is 1. The van der Waals surface area contributed by atoms with Crippen molar-refractivity contribution in [3.8, 4) is 0 Å². The molecule has 1 amide bonds. The molecule has 1 saturated carbocycles. The second-order valence-electron chi connectivity index (χ2n) is 5.44. The zero-order valence-corrected chi connectivity index (χ0v) is 11.7. The lowest BCUT2D eigenvalue weighted by Gasteiger charge is -2.29. The van der Waals surface area contributed by atoms with Gasteiger partial charge in [-0.2, -0.15) is 0 Å². The zero-order chi connectivity index (χ0) is 13.8. The van der Waals surface area contributed by atoms with E-state index in [4.69, 9.17) is 5.73 Å². The summed E-state index contributed by atoms with van der Waals surface area (Å²) in [5, 5.41) is 0. The summed E-state index contributed by atoms with van der Waals surface area (Å²) >= 11 is 0. The Morgan fingerprint density at radius 2 is 2.16 bits per heavy atom. The van der Waals surface area contributed by atoms with E-state index >= 15 is 0 Å². The standard InChI is InChI=1S/C15H23N3O/c1-11(12-6-8-17-9-7-12)18(2)15(19)14-5-3-4-13(14)10-16/h6-9,11,13-14H,3-5,10,16H2,1-2H3. The molecule has 0 bridgehead atoms. The van der Waals surface area contributed by atoms with Crippen LogP contribution in [-0.4, -0.2) is 29.4 Å². The Kier molecular flexibility index (Phi) is 4.53. The van der Waals surface area contributed by atoms with Gasteiger partial charge in [0.2, 0.25) is 5.91 Å². The van der Waals surface area contributed by atoms with Crippen molar-refractivity contribution in [3.63, 3.8) is 0 Å². The first kappa shape index (κ1) is 14.0. The summed E-state index contributed by atoms with van der Waals surface area (Å²) in [6.45, 7) is 2.67. The number of hydrogen-bond donors (Lipinski definition) is 1. The quantitative estimate of drug-likeness (QED) is 0.901. The molecule has 4 nitrogen and oxygen atoms in total. The van der Waals surface area contributed by atoms with E-state index in [1.165, 1.54) is 0 Å². The Hall–Kier alpha value is -1.42. The van der Waals surface area contributed by atoms with Crippen LogP contribution in [0.1, 0.15) is 37.8 Å². The fraction of sp³-hybridized carbons (Fsp3) is 0.600. The minimum absolute atomic E-state index is 0.0783. The lowest BCUT2D eigenvalue weighted by molar-refractivity contribution is -0.137. The highest BCUT2D eigenvalue weighted by atomic mass is 16.2. The van der Waals surface area contributed by atoms with Gasteiger partial charge in [-0.25, -0.2) is 0 Å². The van der Waals surface area contributed by atoms with Crippen LogP contribution < -0.4 is 5.73 Å². The number of aromatic nitrogens is 1. The molecule has 3 atom stereocenters. The largest absolute Gasteiger partial charge is 0.339 e. The van der Waals surface area contributed by atoms with E-state index in [1.54, 1.807) is 12.4 Å². The van der Waals surface area contributed by atoms with Gasteiger partial charge in [-0.3, -0.25) is 9.78 Å². The number of amides is 1. The summed E-state index contributed by atoms with van der Waals surface area (Å²) in [6, 6.07) is 4.00. The van der Waals surface area contributed by atoms with E-state index in [2.05, 4.69) is 11.9 Å². The second-order valence-corrected chi connectivity index (χ2v) is 5.44. The molecular formula is C15H23N3O. The van der Waals surface area contributed by atoms with Gasteiger partial charge in [-0.1, -0.05) is 6.42 Å². The molecule has 0 radical (unpaired) electrons. The van der Waals surface area contributed by atoms with Gasteiger partial charge in [0.05, 0.1) is 6.04 Å². The molecule has 0 aliphatic heterocycles. The van der Waals surface area contributed by atoms with Crippen molar-refractivity contribution in [1.82, 2.24) is 9.88 Å². The molecule has 3 unspecified atom stereocenters. The third-order valence-electron chi connectivity index (χ3n) is 4.40. The highest BCUT2D eigenvalue weighted by molar-refractivity contribution is 5.79. The fourth-order valence-corrected chi connectivity index (χ4v) is 2.96. The molecule has 1 aromatic heterocycles. The minimum atomic E-state index is 0.0783. The Labute approximate surface area is 115 Å². The molecule has 2 N–H and O–H groups in total. The van der Waals surface area contributed by atoms with Gasteiger partial charge in [0.15, 0.2) is 0 Å². The van der Waals surface area contributed by atoms with Crippen LogP contribution in [0.3, 0.4) is 0 Å². The first-order valence-electron chi connectivity index (χ1n) is 7.01. The van der Waals surface area contributed by atoms with Crippen molar-refractivity contribution >= 4 is 5.91 Å². The second kappa shape index (κ2) is 6.15. The summed E-state index contributed by atoms with van der Waals surface area (Å²) in [6.07, 6.45) is 6.72. The number of carbonyl (C=O) groups excluding carboxylic acids is 1. The summed E-state index contributed by atoms with van der Waals surface area (Å²) < 4.78 is 0. The van der Waals surface area contributed by atoms with Gasteiger partial charge in [0.25, 0.3) is 0 Å². The molecule has 19 heavy (non-hydrogen) atoms. The van der Waals surface area contributed by atoms with Gasteiger partial charge >= 0.3 is 0 Å². The Morgan fingerprint density at radius 3 is 2.79 bits per heavy atom. The molecule has 0 saturated heterocycles. The van der Waals surface area contributed by atoms with Crippen molar-refractivity contribution in [1.29, 1.82) is 0 Å². The van der Waals surface area contributed by atoms with E-state index in [0.717, 1.165) is 24.8 Å². The average molecular weight is 261 g/mol. The van der Waals surface area contributed by atoms with E-state index in [9.17, 15) is 4.79 Å². The maximum Gasteiger partial charge on any atom is 0.226 e. The van der Waals surface area contributed by atoms with Crippen molar-refractivity contribution in [2.45, 2.75) is 32.2 Å². The normalized spacial score (nSPS) is 24.2. The third-order valence-corrected chi connectivity index (χ3v) is 4.40.